The van der Waals surface area contributed by atoms with E-state index in [-0.39, 0.29) is 30.1 Å². The summed E-state index contributed by atoms with van der Waals surface area (Å²) in [6, 6.07) is 13.4. The number of aromatic nitrogens is 1. The highest BCUT2D eigenvalue weighted by molar-refractivity contribution is 7.10. The van der Waals surface area contributed by atoms with Crippen LogP contribution in [0.3, 0.4) is 0 Å². The smallest absolute Gasteiger partial charge is 0.272 e. The van der Waals surface area contributed by atoms with Crippen molar-refractivity contribution in [3.05, 3.63) is 64.6 Å². The molecule has 2 saturated heterocycles. The lowest BCUT2D eigenvalue weighted by atomic mass is 10.1. The number of thiophene rings is 1. The van der Waals surface area contributed by atoms with Crippen LogP contribution in [0.5, 0.6) is 0 Å². The molecule has 1 N–H and O–H groups in total. The van der Waals surface area contributed by atoms with Gasteiger partial charge in [-0.05, 0) is 22.9 Å². The van der Waals surface area contributed by atoms with E-state index < -0.39 is 0 Å². The van der Waals surface area contributed by atoms with E-state index in [0.717, 1.165) is 15.6 Å². The first-order valence-electron chi connectivity index (χ1n) is 10.3. The highest BCUT2D eigenvalue weighted by Gasteiger charge is 2.40. The minimum Gasteiger partial charge on any atom is -0.371 e. The SMILES string of the molecule is O=C(Cc1cccs1)NC1CO[C@H]2CN(C(=O)c3cc4ccccc4cn3)C[C@@H]2OC1. The van der Waals surface area contributed by atoms with E-state index in [0.29, 0.717) is 38.4 Å². The van der Waals surface area contributed by atoms with E-state index in [1.807, 2.05) is 47.8 Å². The molecule has 2 aliphatic heterocycles. The van der Waals surface area contributed by atoms with Crippen molar-refractivity contribution in [2.45, 2.75) is 24.7 Å². The summed E-state index contributed by atoms with van der Waals surface area (Å²) in [5.74, 6) is -0.155. The van der Waals surface area contributed by atoms with Crippen molar-refractivity contribution in [3.8, 4) is 0 Å². The van der Waals surface area contributed by atoms with Crippen LogP contribution in [-0.2, 0) is 20.7 Å². The Morgan fingerprint density at radius 2 is 1.81 bits per heavy atom. The van der Waals surface area contributed by atoms with Crippen LogP contribution in [0.4, 0.5) is 0 Å². The minimum absolute atomic E-state index is 0.0362. The third-order valence-corrected chi connectivity index (χ3v) is 6.53. The largest absolute Gasteiger partial charge is 0.371 e. The maximum Gasteiger partial charge on any atom is 0.272 e. The molecule has 2 atom stereocenters. The van der Waals surface area contributed by atoms with Gasteiger partial charge in [-0.25, -0.2) is 0 Å². The van der Waals surface area contributed by atoms with Crippen molar-refractivity contribution >= 4 is 33.9 Å². The maximum absolute atomic E-state index is 13.0. The number of rotatable bonds is 4. The molecule has 4 heterocycles. The molecule has 5 rings (SSSR count). The molecule has 2 fully saturated rings. The lowest BCUT2D eigenvalue weighted by molar-refractivity contribution is -0.121. The fourth-order valence-electron chi connectivity index (χ4n) is 4.05. The van der Waals surface area contributed by atoms with Crippen molar-refractivity contribution in [1.29, 1.82) is 0 Å². The van der Waals surface area contributed by atoms with Crippen LogP contribution in [-0.4, -0.2) is 66.3 Å². The standard InChI is InChI=1S/C23H23N3O4S/c27-22(9-18-6-3-7-31-18)25-17-13-29-20-11-26(12-21(20)30-14-17)23(28)19-8-15-4-1-2-5-16(15)10-24-19/h1-8,10,17,20-21H,9,11-14H2,(H,25,27)/t20-,21-/m0/s1. The molecule has 0 unspecified atom stereocenters. The first-order valence-corrected chi connectivity index (χ1v) is 11.2. The van der Waals surface area contributed by atoms with Gasteiger partial charge in [0.1, 0.15) is 17.9 Å². The minimum atomic E-state index is -0.205. The van der Waals surface area contributed by atoms with Gasteiger partial charge in [0.25, 0.3) is 5.91 Å². The third-order valence-electron chi connectivity index (χ3n) is 5.66. The summed E-state index contributed by atoms with van der Waals surface area (Å²) < 4.78 is 12.0. The fraction of sp³-hybridized carbons (Fsp3) is 0.348. The summed E-state index contributed by atoms with van der Waals surface area (Å²) in [5, 5.41) is 6.94. The molecular weight excluding hydrogens is 414 g/mol. The van der Waals surface area contributed by atoms with Gasteiger partial charge >= 0.3 is 0 Å². The molecule has 31 heavy (non-hydrogen) atoms. The van der Waals surface area contributed by atoms with Crippen LogP contribution >= 0.6 is 11.3 Å². The Kier molecular flexibility index (Phi) is 5.67. The first-order chi connectivity index (χ1) is 15.2. The molecule has 7 nitrogen and oxygen atoms in total. The van der Waals surface area contributed by atoms with Crippen molar-refractivity contribution < 1.29 is 19.1 Å². The maximum atomic E-state index is 13.0. The molecular formula is C23H23N3O4S. The number of nitrogens with zero attached hydrogens (tertiary/aromatic N) is 2. The van der Waals surface area contributed by atoms with E-state index in [1.165, 1.54) is 0 Å². The third kappa shape index (κ3) is 4.46. The molecule has 0 radical (unpaired) electrons. The number of fused-ring (bicyclic) bond motifs is 2. The number of pyridine rings is 1. The number of likely N-dealkylation sites (tertiary alicyclic amines) is 1. The van der Waals surface area contributed by atoms with Gasteiger partial charge in [-0.15, -0.1) is 11.3 Å². The highest BCUT2D eigenvalue weighted by Crippen LogP contribution is 2.23. The fourth-order valence-corrected chi connectivity index (χ4v) is 4.76. The number of carbonyl (C=O) groups is 2. The lowest BCUT2D eigenvalue weighted by Crippen LogP contribution is -2.42. The lowest BCUT2D eigenvalue weighted by Gasteiger charge is -2.19. The molecule has 3 aromatic rings. The van der Waals surface area contributed by atoms with Crippen molar-refractivity contribution in [1.82, 2.24) is 15.2 Å². The zero-order valence-corrected chi connectivity index (χ0v) is 17.7. The van der Waals surface area contributed by atoms with Crippen LogP contribution in [0.25, 0.3) is 10.8 Å². The van der Waals surface area contributed by atoms with Crippen LogP contribution in [0.2, 0.25) is 0 Å². The van der Waals surface area contributed by atoms with Gasteiger partial charge in [0.2, 0.25) is 5.91 Å². The number of benzene rings is 1. The molecule has 160 valence electrons. The van der Waals surface area contributed by atoms with Crippen molar-refractivity contribution in [3.63, 3.8) is 0 Å². The van der Waals surface area contributed by atoms with Crippen LogP contribution in [0.1, 0.15) is 15.4 Å². The molecule has 0 spiro atoms. The molecule has 2 amide bonds. The second kappa shape index (κ2) is 8.74. The molecule has 1 aromatic carbocycles. The Morgan fingerprint density at radius 3 is 2.52 bits per heavy atom. The topological polar surface area (TPSA) is 80.8 Å². The van der Waals surface area contributed by atoms with Gasteiger partial charge in [0, 0.05) is 29.5 Å². The number of hydrogen-bond donors (Lipinski definition) is 1. The number of hydrogen-bond acceptors (Lipinski definition) is 6. The molecule has 0 bridgehead atoms. The summed E-state index contributed by atoms with van der Waals surface area (Å²) in [5.41, 5.74) is 0.425. The Morgan fingerprint density at radius 1 is 1.06 bits per heavy atom. The number of carbonyl (C=O) groups excluding carboxylic acids is 2. The normalized spacial score (nSPS) is 21.6. The van der Waals surface area contributed by atoms with E-state index in [2.05, 4.69) is 10.3 Å². The summed E-state index contributed by atoms with van der Waals surface area (Å²) >= 11 is 1.57. The van der Waals surface area contributed by atoms with Crippen molar-refractivity contribution in [2.75, 3.05) is 26.3 Å². The van der Waals surface area contributed by atoms with Crippen LogP contribution < -0.4 is 5.32 Å². The predicted molar refractivity (Wildman–Crippen MR) is 117 cm³/mol. The van der Waals surface area contributed by atoms with E-state index in [1.54, 1.807) is 22.4 Å². The Balaban J connectivity index is 1.17. The van der Waals surface area contributed by atoms with Gasteiger partial charge in [0.05, 0.1) is 25.7 Å². The quantitative estimate of drug-likeness (QED) is 0.677. The summed E-state index contributed by atoms with van der Waals surface area (Å²) in [7, 11) is 0. The zero-order valence-electron chi connectivity index (χ0n) is 16.9. The van der Waals surface area contributed by atoms with Gasteiger partial charge < -0.3 is 19.7 Å². The number of ether oxygens (including phenoxy) is 2. The Hall–Kier alpha value is -2.81. The molecule has 2 aromatic heterocycles. The zero-order chi connectivity index (χ0) is 21.2. The number of amides is 2. The van der Waals surface area contributed by atoms with Crippen molar-refractivity contribution in [2.24, 2.45) is 0 Å². The van der Waals surface area contributed by atoms with E-state index in [9.17, 15) is 9.59 Å². The summed E-state index contributed by atoms with van der Waals surface area (Å²) in [6.45, 7) is 1.64. The molecule has 0 saturated carbocycles. The average molecular weight is 438 g/mol. The van der Waals surface area contributed by atoms with Gasteiger partial charge in [-0.2, -0.15) is 0 Å². The second-order valence-corrected chi connectivity index (χ2v) is 8.92. The number of nitrogens with one attached hydrogen (secondary N) is 1. The summed E-state index contributed by atoms with van der Waals surface area (Å²) in [4.78, 5) is 32.3. The summed E-state index contributed by atoms with van der Waals surface area (Å²) in [6.07, 6.45) is 1.68. The average Bonchev–Trinajstić information content (AvgIpc) is 3.41. The van der Waals surface area contributed by atoms with Crippen LogP contribution in [0, 0.1) is 0 Å². The Bertz CT molecular complexity index is 1070. The Labute approximate surface area is 184 Å². The van der Waals surface area contributed by atoms with Gasteiger partial charge in [0.15, 0.2) is 0 Å². The molecule has 8 heteroatoms. The molecule has 2 aliphatic rings. The van der Waals surface area contributed by atoms with Gasteiger partial charge in [-0.1, -0.05) is 30.3 Å². The van der Waals surface area contributed by atoms with E-state index >= 15 is 0 Å². The monoisotopic (exact) mass is 437 g/mol. The predicted octanol–water partition coefficient (Wildman–Crippen LogP) is 2.26. The second-order valence-electron chi connectivity index (χ2n) is 7.89. The van der Waals surface area contributed by atoms with Gasteiger partial charge in [-0.3, -0.25) is 14.6 Å². The highest BCUT2D eigenvalue weighted by atomic mass is 32.1. The van der Waals surface area contributed by atoms with E-state index in [4.69, 9.17) is 9.47 Å². The molecule has 0 aliphatic carbocycles. The first kappa shape index (κ1) is 20.1. The van der Waals surface area contributed by atoms with Crippen LogP contribution in [0.15, 0.2) is 54.0 Å².